The van der Waals surface area contributed by atoms with E-state index in [2.05, 4.69) is 15.7 Å². The topological polar surface area (TPSA) is 85.0 Å². The van der Waals surface area contributed by atoms with Crippen molar-refractivity contribution in [2.75, 3.05) is 11.1 Å². The maximum atomic E-state index is 11.9. The fraction of sp³-hybridized carbons (Fsp3) is 0.692. The molecule has 6 heteroatoms. The summed E-state index contributed by atoms with van der Waals surface area (Å²) in [5, 5.41) is 10.4. The third kappa shape index (κ3) is 3.62. The second-order valence-electron chi connectivity index (χ2n) is 5.46. The molecule has 0 saturated heterocycles. The van der Waals surface area contributed by atoms with Gasteiger partial charge in [-0.2, -0.15) is 5.10 Å². The predicted octanol–water partition coefficient (Wildman–Crippen LogP) is 1.45. The maximum Gasteiger partial charge on any atom is 0.242 e. The van der Waals surface area contributed by atoms with Crippen molar-refractivity contribution >= 4 is 17.4 Å². The van der Waals surface area contributed by atoms with Crippen LogP contribution in [-0.4, -0.2) is 27.8 Å². The molecule has 108 valence electrons. The molecule has 0 saturated carbocycles. The van der Waals surface area contributed by atoms with Gasteiger partial charge in [0.05, 0.1) is 11.4 Å². The third-order valence-corrected chi connectivity index (χ3v) is 2.84. The first-order valence-corrected chi connectivity index (χ1v) is 6.63. The number of anilines is 2. The molecule has 0 aliphatic heterocycles. The summed E-state index contributed by atoms with van der Waals surface area (Å²) < 4.78 is 1.68. The number of hydrogen-bond acceptors (Lipinski definition) is 4. The largest absolute Gasteiger partial charge is 0.394 e. The van der Waals surface area contributed by atoms with Crippen molar-refractivity contribution in [3.63, 3.8) is 0 Å². The lowest BCUT2D eigenvalue weighted by molar-refractivity contribution is -0.122. The highest BCUT2D eigenvalue weighted by Crippen LogP contribution is 2.28. The lowest BCUT2D eigenvalue weighted by Crippen LogP contribution is -2.41. The minimum absolute atomic E-state index is 0.0540. The quantitative estimate of drug-likeness (QED) is 0.754. The SMILES string of the molecule is CC(C)NC(=O)C(C)Nc1c(N)c(C(C)C)nn1C. The molecule has 0 bridgehead atoms. The molecule has 4 N–H and O–H groups in total. The first-order chi connectivity index (χ1) is 8.73. The molecule has 0 aliphatic carbocycles. The summed E-state index contributed by atoms with van der Waals surface area (Å²) in [6, 6.07) is -0.244. The fourth-order valence-electron chi connectivity index (χ4n) is 1.84. The zero-order chi connectivity index (χ0) is 14.7. The fourth-order valence-corrected chi connectivity index (χ4v) is 1.84. The Morgan fingerprint density at radius 3 is 2.26 bits per heavy atom. The maximum absolute atomic E-state index is 11.9. The minimum atomic E-state index is -0.361. The first-order valence-electron chi connectivity index (χ1n) is 6.63. The Morgan fingerprint density at radius 1 is 1.26 bits per heavy atom. The van der Waals surface area contributed by atoms with E-state index in [1.165, 1.54) is 0 Å². The number of aryl methyl sites for hydroxylation is 1. The predicted molar refractivity (Wildman–Crippen MR) is 78.1 cm³/mol. The average Bonchev–Trinajstić information content (AvgIpc) is 2.56. The summed E-state index contributed by atoms with van der Waals surface area (Å²) in [5.74, 6) is 0.887. The van der Waals surface area contributed by atoms with Gasteiger partial charge in [0.25, 0.3) is 0 Å². The lowest BCUT2D eigenvalue weighted by Gasteiger charge is -2.17. The molecule has 0 aliphatic rings. The van der Waals surface area contributed by atoms with Crippen LogP contribution in [0.5, 0.6) is 0 Å². The molecular weight excluding hydrogens is 242 g/mol. The summed E-state index contributed by atoms with van der Waals surface area (Å²) in [6.45, 7) is 9.74. The van der Waals surface area contributed by atoms with Crippen molar-refractivity contribution < 1.29 is 4.79 Å². The Kier molecular flexibility index (Phi) is 4.80. The highest BCUT2D eigenvalue weighted by Gasteiger charge is 2.20. The van der Waals surface area contributed by atoms with Crippen LogP contribution in [0.4, 0.5) is 11.5 Å². The molecule has 1 amide bonds. The number of aromatic nitrogens is 2. The highest BCUT2D eigenvalue weighted by molar-refractivity contribution is 5.85. The van der Waals surface area contributed by atoms with E-state index in [9.17, 15) is 4.79 Å². The van der Waals surface area contributed by atoms with Gasteiger partial charge >= 0.3 is 0 Å². The summed E-state index contributed by atoms with van der Waals surface area (Å²) in [4.78, 5) is 11.9. The van der Waals surface area contributed by atoms with Gasteiger partial charge in [-0.05, 0) is 26.7 Å². The summed E-state index contributed by atoms with van der Waals surface area (Å²) in [5.41, 5.74) is 7.54. The lowest BCUT2D eigenvalue weighted by atomic mass is 10.1. The van der Waals surface area contributed by atoms with Gasteiger partial charge in [-0.15, -0.1) is 0 Å². The van der Waals surface area contributed by atoms with Crippen LogP contribution in [0.15, 0.2) is 0 Å². The molecule has 1 aromatic rings. The van der Waals surface area contributed by atoms with Crippen LogP contribution in [0.25, 0.3) is 0 Å². The molecule has 1 unspecified atom stereocenters. The number of carbonyl (C=O) groups excluding carboxylic acids is 1. The van der Waals surface area contributed by atoms with Crippen molar-refractivity contribution in [1.29, 1.82) is 0 Å². The van der Waals surface area contributed by atoms with E-state index in [4.69, 9.17) is 5.73 Å². The van der Waals surface area contributed by atoms with Crippen LogP contribution in [0, 0.1) is 0 Å². The average molecular weight is 267 g/mol. The number of carbonyl (C=O) groups is 1. The summed E-state index contributed by atoms with van der Waals surface area (Å²) >= 11 is 0. The van der Waals surface area contributed by atoms with Gasteiger partial charge in [0.2, 0.25) is 5.91 Å². The molecule has 19 heavy (non-hydrogen) atoms. The van der Waals surface area contributed by atoms with Crippen molar-refractivity contribution in [3.8, 4) is 0 Å². The van der Waals surface area contributed by atoms with E-state index >= 15 is 0 Å². The smallest absolute Gasteiger partial charge is 0.242 e. The zero-order valence-corrected chi connectivity index (χ0v) is 12.6. The number of hydrogen-bond donors (Lipinski definition) is 3. The molecule has 1 aromatic heterocycles. The minimum Gasteiger partial charge on any atom is -0.394 e. The van der Waals surface area contributed by atoms with E-state index in [0.29, 0.717) is 11.5 Å². The van der Waals surface area contributed by atoms with E-state index in [-0.39, 0.29) is 23.9 Å². The second kappa shape index (κ2) is 5.95. The number of nitrogens with zero attached hydrogens (tertiary/aromatic N) is 2. The first kappa shape index (κ1) is 15.3. The number of amides is 1. The summed E-state index contributed by atoms with van der Waals surface area (Å²) in [7, 11) is 1.82. The molecule has 1 rings (SSSR count). The third-order valence-electron chi connectivity index (χ3n) is 2.84. The number of nitrogen functional groups attached to an aromatic ring is 1. The molecule has 1 heterocycles. The molecule has 0 fully saturated rings. The molecule has 1 atom stereocenters. The number of nitrogens with one attached hydrogen (secondary N) is 2. The van der Waals surface area contributed by atoms with Crippen molar-refractivity contribution in [1.82, 2.24) is 15.1 Å². The van der Waals surface area contributed by atoms with Crippen molar-refractivity contribution in [2.24, 2.45) is 7.05 Å². The summed E-state index contributed by atoms with van der Waals surface area (Å²) in [6.07, 6.45) is 0. The van der Waals surface area contributed by atoms with Gasteiger partial charge in [-0.25, -0.2) is 0 Å². The van der Waals surface area contributed by atoms with Crippen LogP contribution in [0.3, 0.4) is 0 Å². The molecule has 6 nitrogen and oxygen atoms in total. The number of nitrogens with two attached hydrogens (primary N) is 1. The van der Waals surface area contributed by atoms with Gasteiger partial charge in [-0.3, -0.25) is 9.48 Å². The molecular formula is C13H25N5O. The van der Waals surface area contributed by atoms with E-state index in [0.717, 1.165) is 5.69 Å². The molecule has 0 aromatic carbocycles. The molecule has 0 radical (unpaired) electrons. The van der Waals surface area contributed by atoms with Gasteiger partial charge in [0.15, 0.2) is 0 Å². The number of rotatable bonds is 5. The van der Waals surface area contributed by atoms with Crippen LogP contribution in [0.1, 0.15) is 46.2 Å². The normalized spacial score (nSPS) is 12.8. The van der Waals surface area contributed by atoms with Crippen LogP contribution < -0.4 is 16.4 Å². The Balaban J connectivity index is 2.85. The van der Waals surface area contributed by atoms with Crippen molar-refractivity contribution in [2.45, 2.75) is 52.6 Å². The zero-order valence-electron chi connectivity index (χ0n) is 12.6. The van der Waals surface area contributed by atoms with E-state index in [1.54, 1.807) is 11.6 Å². The Morgan fingerprint density at radius 2 is 1.84 bits per heavy atom. The highest BCUT2D eigenvalue weighted by atomic mass is 16.2. The van der Waals surface area contributed by atoms with E-state index in [1.807, 2.05) is 34.7 Å². The van der Waals surface area contributed by atoms with Crippen molar-refractivity contribution in [3.05, 3.63) is 5.69 Å². The van der Waals surface area contributed by atoms with Gasteiger partial charge in [-0.1, -0.05) is 13.8 Å². The van der Waals surface area contributed by atoms with Crippen LogP contribution >= 0.6 is 0 Å². The second-order valence-corrected chi connectivity index (χ2v) is 5.46. The monoisotopic (exact) mass is 267 g/mol. The Labute approximate surface area is 114 Å². The van der Waals surface area contributed by atoms with Gasteiger partial charge < -0.3 is 16.4 Å². The van der Waals surface area contributed by atoms with Crippen LogP contribution in [-0.2, 0) is 11.8 Å². The Hall–Kier alpha value is -1.72. The van der Waals surface area contributed by atoms with Crippen LogP contribution in [0.2, 0.25) is 0 Å². The standard InChI is InChI=1S/C13H25N5O/c1-7(2)11-10(14)12(18(6)17-11)16-9(5)13(19)15-8(3)4/h7-9,16H,14H2,1-6H3,(H,15,19). The van der Waals surface area contributed by atoms with Gasteiger partial charge in [0.1, 0.15) is 11.9 Å². The Bertz CT molecular complexity index is 450. The van der Waals surface area contributed by atoms with E-state index < -0.39 is 0 Å². The molecule has 0 spiro atoms. The van der Waals surface area contributed by atoms with Gasteiger partial charge in [0, 0.05) is 13.1 Å².